The second-order valence-electron chi connectivity index (χ2n) is 8.08. The Kier molecular flexibility index (Phi) is 4.43. The highest BCUT2D eigenvalue weighted by molar-refractivity contribution is 5.93. The van der Waals surface area contributed by atoms with Gasteiger partial charge in [-0.3, -0.25) is 14.6 Å². The fourth-order valence-corrected chi connectivity index (χ4v) is 4.10. The molecule has 0 spiro atoms. The zero-order valence-electron chi connectivity index (χ0n) is 17.0. The molecule has 9 nitrogen and oxygen atoms in total. The number of hydrogen-bond donors (Lipinski definition) is 1. The van der Waals surface area contributed by atoms with Crippen LogP contribution in [0.4, 0.5) is 0 Å². The van der Waals surface area contributed by atoms with Crippen molar-refractivity contribution >= 4 is 22.3 Å². The van der Waals surface area contributed by atoms with E-state index in [1.165, 1.54) is 0 Å². The summed E-state index contributed by atoms with van der Waals surface area (Å²) in [6.07, 6.45) is 4.23. The van der Waals surface area contributed by atoms with Crippen LogP contribution in [0.15, 0.2) is 41.2 Å². The first-order chi connectivity index (χ1) is 15.3. The molecule has 4 aromatic rings. The number of imidazole rings is 1. The average Bonchev–Trinajstić information content (AvgIpc) is 3.37. The van der Waals surface area contributed by atoms with Crippen molar-refractivity contribution in [2.45, 2.75) is 25.2 Å². The van der Waals surface area contributed by atoms with E-state index >= 15 is 0 Å². The van der Waals surface area contributed by atoms with Crippen molar-refractivity contribution in [3.63, 3.8) is 0 Å². The van der Waals surface area contributed by atoms with Crippen LogP contribution in [0.3, 0.4) is 0 Å². The van der Waals surface area contributed by atoms with Crippen molar-refractivity contribution in [1.29, 1.82) is 0 Å². The molecule has 0 bridgehead atoms. The Bertz CT molecular complexity index is 1270. The van der Waals surface area contributed by atoms with Crippen molar-refractivity contribution in [1.82, 2.24) is 30.0 Å². The van der Waals surface area contributed by atoms with Crippen molar-refractivity contribution in [3.05, 3.63) is 48.1 Å². The van der Waals surface area contributed by atoms with Crippen LogP contribution >= 0.6 is 0 Å². The second-order valence-corrected chi connectivity index (χ2v) is 8.08. The smallest absolute Gasteiger partial charge is 0.238 e. The highest BCUT2D eigenvalue weighted by atomic mass is 16.5. The number of amides is 1. The predicted octanol–water partition coefficient (Wildman–Crippen LogP) is 2.32. The number of nitrogens with zero attached hydrogens (tertiary/aromatic N) is 5. The third kappa shape index (κ3) is 3.45. The zero-order chi connectivity index (χ0) is 20.8. The van der Waals surface area contributed by atoms with Gasteiger partial charge in [-0.2, -0.15) is 4.98 Å². The molecule has 4 heterocycles. The first kappa shape index (κ1) is 18.5. The SMILES string of the molecule is O=C(Cc1cc2c(-c3noc(C4CC4)n3)ncn2c2ccccc12)NN1CCOCC1. The van der Waals surface area contributed by atoms with Gasteiger partial charge in [0, 0.05) is 24.4 Å². The molecule has 1 aromatic carbocycles. The summed E-state index contributed by atoms with van der Waals surface area (Å²) >= 11 is 0. The number of para-hydroxylation sites is 1. The summed E-state index contributed by atoms with van der Waals surface area (Å²) < 4.78 is 12.8. The van der Waals surface area contributed by atoms with Gasteiger partial charge < -0.3 is 9.26 Å². The molecule has 6 rings (SSSR count). The van der Waals surface area contributed by atoms with E-state index in [2.05, 4.69) is 20.6 Å². The molecule has 0 unspecified atom stereocenters. The van der Waals surface area contributed by atoms with Crippen molar-refractivity contribution in [2.24, 2.45) is 0 Å². The molecule has 0 radical (unpaired) electrons. The number of hydrazine groups is 1. The van der Waals surface area contributed by atoms with Gasteiger partial charge in [0.15, 0.2) is 0 Å². The fourth-order valence-electron chi connectivity index (χ4n) is 4.10. The number of ether oxygens (including phenoxy) is 1. The van der Waals surface area contributed by atoms with Gasteiger partial charge >= 0.3 is 0 Å². The molecule has 2 aliphatic rings. The first-order valence-electron chi connectivity index (χ1n) is 10.6. The maximum atomic E-state index is 12.8. The summed E-state index contributed by atoms with van der Waals surface area (Å²) in [6.45, 7) is 2.64. The van der Waals surface area contributed by atoms with Crippen LogP contribution < -0.4 is 5.43 Å². The Hall–Kier alpha value is -3.30. The maximum absolute atomic E-state index is 12.8. The Morgan fingerprint density at radius 1 is 1.16 bits per heavy atom. The van der Waals surface area contributed by atoms with E-state index in [9.17, 15) is 4.79 Å². The third-order valence-corrected chi connectivity index (χ3v) is 5.85. The van der Waals surface area contributed by atoms with Crippen molar-refractivity contribution in [2.75, 3.05) is 26.3 Å². The molecule has 31 heavy (non-hydrogen) atoms. The van der Waals surface area contributed by atoms with Crippen LogP contribution in [0.2, 0.25) is 0 Å². The summed E-state index contributed by atoms with van der Waals surface area (Å²) in [5.41, 5.74) is 6.43. The van der Waals surface area contributed by atoms with Gasteiger partial charge in [0.2, 0.25) is 17.6 Å². The number of nitrogens with one attached hydrogen (secondary N) is 1. The van der Waals surface area contributed by atoms with Gasteiger partial charge in [-0.25, -0.2) is 9.99 Å². The number of benzene rings is 1. The Morgan fingerprint density at radius 2 is 2.00 bits per heavy atom. The molecule has 3 aromatic heterocycles. The number of rotatable bonds is 5. The molecular formula is C22H22N6O3. The third-order valence-electron chi connectivity index (χ3n) is 5.85. The lowest BCUT2D eigenvalue weighted by Crippen LogP contribution is -2.48. The van der Waals surface area contributed by atoms with Gasteiger partial charge in [-0.1, -0.05) is 23.4 Å². The number of morpholine rings is 1. The van der Waals surface area contributed by atoms with E-state index in [1.54, 1.807) is 6.33 Å². The monoisotopic (exact) mass is 418 g/mol. The van der Waals surface area contributed by atoms with Crippen LogP contribution in [0.5, 0.6) is 0 Å². The minimum absolute atomic E-state index is 0.0481. The van der Waals surface area contributed by atoms with Crippen LogP contribution in [0.25, 0.3) is 27.9 Å². The van der Waals surface area contributed by atoms with Crippen LogP contribution in [-0.2, 0) is 16.0 Å². The molecule has 1 aliphatic heterocycles. The van der Waals surface area contributed by atoms with Crippen molar-refractivity contribution < 1.29 is 14.1 Å². The fraction of sp³-hybridized carbons (Fsp3) is 0.364. The van der Waals surface area contributed by atoms with Crippen molar-refractivity contribution in [3.8, 4) is 11.5 Å². The van der Waals surface area contributed by atoms with Gasteiger partial charge in [-0.05, 0) is 30.5 Å². The number of pyridine rings is 1. The lowest BCUT2D eigenvalue weighted by Gasteiger charge is -2.27. The lowest BCUT2D eigenvalue weighted by atomic mass is 10.0. The number of fused-ring (bicyclic) bond motifs is 3. The number of hydrogen-bond acceptors (Lipinski definition) is 7. The molecular weight excluding hydrogens is 396 g/mol. The summed E-state index contributed by atoms with van der Waals surface area (Å²) in [5, 5.41) is 7.09. The minimum atomic E-state index is -0.0481. The maximum Gasteiger partial charge on any atom is 0.238 e. The molecule has 158 valence electrons. The Balaban J connectivity index is 1.38. The van der Waals surface area contributed by atoms with E-state index in [0.717, 1.165) is 34.8 Å². The van der Waals surface area contributed by atoms with E-state index in [0.29, 0.717) is 49.6 Å². The molecule has 1 N–H and O–H groups in total. The van der Waals surface area contributed by atoms with Crippen LogP contribution in [0, 0.1) is 0 Å². The highest BCUT2D eigenvalue weighted by Crippen LogP contribution is 2.39. The van der Waals surface area contributed by atoms with E-state index in [1.807, 2.05) is 39.7 Å². The molecule has 9 heteroatoms. The summed E-state index contributed by atoms with van der Waals surface area (Å²) in [7, 11) is 0. The standard InChI is InChI=1S/C22H22N6O3/c29-19(25-27-7-9-30-10-8-27)12-15-11-18-20(21-24-22(31-26-21)14-5-6-14)23-13-28(18)17-4-2-1-3-16(15)17/h1-4,11,13-14H,5-10,12H2,(H,25,29). The number of carbonyl (C=O) groups is 1. The molecule has 1 aliphatic carbocycles. The molecule has 2 fully saturated rings. The summed E-state index contributed by atoms with van der Waals surface area (Å²) in [6, 6.07) is 10.0. The summed E-state index contributed by atoms with van der Waals surface area (Å²) in [4.78, 5) is 21.9. The number of carbonyl (C=O) groups excluding carboxylic acids is 1. The largest absolute Gasteiger partial charge is 0.379 e. The van der Waals surface area contributed by atoms with E-state index < -0.39 is 0 Å². The van der Waals surface area contributed by atoms with E-state index in [-0.39, 0.29) is 12.3 Å². The zero-order valence-corrected chi connectivity index (χ0v) is 17.0. The minimum Gasteiger partial charge on any atom is -0.379 e. The van der Waals surface area contributed by atoms with Gasteiger partial charge in [0.25, 0.3) is 0 Å². The topological polar surface area (TPSA) is 97.8 Å². The molecule has 0 atom stereocenters. The predicted molar refractivity (Wildman–Crippen MR) is 112 cm³/mol. The lowest BCUT2D eigenvalue weighted by molar-refractivity contribution is -0.127. The van der Waals surface area contributed by atoms with Gasteiger partial charge in [0.1, 0.15) is 12.0 Å². The Labute approximate surface area is 178 Å². The van der Waals surface area contributed by atoms with Gasteiger partial charge in [-0.15, -0.1) is 0 Å². The van der Waals surface area contributed by atoms with Crippen LogP contribution in [-0.4, -0.2) is 56.7 Å². The van der Waals surface area contributed by atoms with Crippen LogP contribution in [0.1, 0.15) is 30.2 Å². The summed E-state index contributed by atoms with van der Waals surface area (Å²) in [5.74, 6) is 1.51. The highest BCUT2D eigenvalue weighted by Gasteiger charge is 2.30. The van der Waals surface area contributed by atoms with Gasteiger partial charge in [0.05, 0.1) is 30.7 Å². The normalized spacial score (nSPS) is 17.4. The Morgan fingerprint density at radius 3 is 2.84 bits per heavy atom. The molecule has 1 amide bonds. The second kappa shape index (κ2) is 7.44. The molecule has 1 saturated carbocycles. The molecule has 1 saturated heterocycles. The average molecular weight is 418 g/mol. The number of aromatic nitrogens is 4. The first-order valence-corrected chi connectivity index (χ1v) is 10.6. The van der Waals surface area contributed by atoms with E-state index in [4.69, 9.17) is 9.26 Å². The quantitative estimate of drug-likeness (QED) is 0.531.